The summed E-state index contributed by atoms with van der Waals surface area (Å²) in [6.07, 6.45) is 3.86. The lowest BCUT2D eigenvalue weighted by molar-refractivity contribution is -0.134. The first-order chi connectivity index (χ1) is 12.6. The molecule has 0 unspecified atom stereocenters. The van der Waals surface area contributed by atoms with E-state index in [1.165, 1.54) is 6.26 Å². The Labute approximate surface area is 155 Å². The van der Waals surface area contributed by atoms with Gasteiger partial charge in [-0.05, 0) is 31.4 Å². The predicted octanol–water partition coefficient (Wildman–Crippen LogP) is 1.14. The van der Waals surface area contributed by atoms with Crippen molar-refractivity contribution >= 4 is 11.8 Å². The van der Waals surface area contributed by atoms with Gasteiger partial charge in [-0.25, -0.2) is 0 Å². The maximum absolute atomic E-state index is 12.5. The standard InChI is InChI=1S/C19H30N4O3/c1-2-21-7-9-22(10-8-21)18(24)11-15-3-5-23(6-4-15)19(25)16-12-17(13-20)26-14-16/h12,14-15H,2-11,13,20H2,1H3. The number of hydrogen-bond acceptors (Lipinski definition) is 5. The highest BCUT2D eigenvalue weighted by atomic mass is 16.3. The third-order valence-corrected chi connectivity index (χ3v) is 5.64. The van der Waals surface area contributed by atoms with Crippen LogP contribution in [-0.2, 0) is 11.3 Å². The van der Waals surface area contributed by atoms with E-state index in [2.05, 4.69) is 11.8 Å². The van der Waals surface area contributed by atoms with E-state index in [1.807, 2.05) is 9.80 Å². The Bertz CT molecular complexity index is 614. The Morgan fingerprint density at radius 1 is 1.12 bits per heavy atom. The summed E-state index contributed by atoms with van der Waals surface area (Å²) < 4.78 is 5.26. The number of piperazine rings is 1. The van der Waals surface area contributed by atoms with E-state index in [4.69, 9.17) is 10.2 Å². The third-order valence-electron chi connectivity index (χ3n) is 5.64. The van der Waals surface area contributed by atoms with E-state index in [9.17, 15) is 9.59 Å². The maximum Gasteiger partial charge on any atom is 0.257 e. The van der Waals surface area contributed by atoms with Crippen molar-refractivity contribution in [2.24, 2.45) is 11.7 Å². The lowest BCUT2D eigenvalue weighted by Gasteiger charge is -2.36. The third kappa shape index (κ3) is 4.45. The highest BCUT2D eigenvalue weighted by molar-refractivity contribution is 5.94. The zero-order valence-electron chi connectivity index (χ0n) is 15.7. The van der Waals surface area contributed by atoms with Crippen LogP contribution in [-0.4, -0.2) is 72.3 Å². The lowest BCUT2D eigenvalue weighted by Crippen LogP contribution is -2.49. The summed E-state index contributed by atoms with van der Waals surface area (Å²) in [5, 5.41) is 0. The fraction of sp³-hybridized carbons (Fsp3) is 0.684. The predicted molar refractivity (Wildman–Crippen MR) is 98.5 cm³/mol. The van der Waals surface area contributed by atoms with Crippen LogP contribution in [0.25, 0.3) is 0 Å². The summed E-state index contributed by atoms with van der Waals surface area (Å²) in [7, 11) is 0. The van der Waals surface area contributed by atoms with Crippen molar-refractivity contribution < 1.29 is 14.0 Å². The van der Waals surface area contributed by atoms with E-state index in [1.54, 1.807) is 6.07 Å². The number of amides is 2. The zero-order valence-corrected chi connectivity index (χ0v) is 15.7. The highest BCUT2D eigenvalue weighted by Crippen LogP contribution is 2.23. The Morgan fingerprint density at radius 2 is 1.81 bits per heavy atom. The van der Waals surface area contributed by atoms with Gasteiger partial charge in [0.25, 0.3) is 5.91 Å². The monoisotopic (exact) mass is 362 g/mol. The summed E-state index contributed by atoms with van der Waals surface area (Å²) in [4.78, 5) is 31.3. The van der Waals surface area contributed by atoms with Crippen molar-refractivity contribution in [2.75, 3.05) is 45.8 Å². The number of nitrogens with two attached hydrogens (primary N) is 1. The fourth-order valence-electron chi connectivity index (χ4n) is 3.81. The summed E-state index contributed by atoms with van der Waals surface area (Å²) in [5.41, 5.74) is 6.09. The molecule has 7 nitrogen and oxygen atoms in total. The molecule has 0 aliphatic carbocycles. The smallest absolute Gasteiger partial charge is 0.257 e. The van der Waals surface area contributed by atoms with E-state index < -0.39 is 0 Å². The van der Waals surface area contributed by atoms with Gasteiger partial charge in [0.05, 0.1) is 12.1 Å². The van der Waals surface area contributed by atoms with Crippen molar-refractivity contribution in [3.05, 3.63) is 23.7 Å². The summed E-state index contributed by atoms with van der Waals surface area (Å²) in [5.74, 6) is 1.26. The molecular weight excluding hydrogens is 332 g/mol. The van der Waals surface area contributed by atoms with Crippen molar-refractivity contribution in [3.63, 3.8) is 0 Å². The molecule has 2 fully saturated rings. The van der Waals surface area contributed by atoms with Crippen LogP contribution in [0.2, 0.25) is 0 Å². The molecule has 0 saturated carbocycles. The Hall–Kier alpha value is -1.86. The molecule has 2 N–H and O–H groups in total. The molecule has 0 radical (unpaired) electrons. The van der Waals surface area contributed by atoms with Gasteiger partial charge in [0, 0.05) is 45.7 Å². The molecule has 2 aliphatic rings. The molecule has 0 bridgehead atoms. The molecule has 3 heterocycles. The second-order valence-electron chi connectivity index (χ2n) is 7.26. The first-order valence-corrected chi connectivity index (χ1v) is 9.67. The molecule has 26 heavy (non-hydrogen) atoms. The fourth-order valence-corrected chi connectivity index (χ4v) is 3.81. The largest absolute Gasteiger partial charge is 0.467 e. The molecule has 1 aromatic rings. The number of likely N-dealkylation sites (N-methyl/N-ethyl adjacent to an activating group) is 1. The van der Waals surface area contributed by atoms with Gasteiger partial charge in [0.2, 0.25) is 5.91 Å². The number of likely N-dealkylation sites (tertiary alicyclic amines) is 1. The summed E-state index contributed by atoms with van der Waals surface area (Å²) in [6.45, 7) is 8.54. The van der Waals surface area contributed by atoms with Gasteiger partial charge in [-0.3, -0.25) is 9.59 Å². The van der Waals surface area contributed by atoms with E-state index >= 15 is 0 Å². The van der Waals surface area contributed by atoms with Crippen molar-refractivity contribution in [2.45, 2.75) is 32.7 Å². The van der Waals surface area contributed by atoms with Crippen LogP contribution < -0.4 is 5.73 Å². The number of carbonyl (C=O) groups is 2. The van der Waals surface area contributed by atoms with E-state index in [-0.39, 0.29) is 11.8 Å². The molecule has 7 heteroatoms. The van der Waals surface area contributed by atoms with Crippen LogP contribution in [0, 0.1) is 5.92 Å². The van der Waals surface area contributed by atoms with Gasteiger partial charge in [-0.15, -0.1) is 0 Å². The Kier molecular flexibility index (Phi) is 6.32. The van der Waals surface area contributed by atoms with Gasteiger partial charge in [0.1, 0.15) is 12.0 Å². The number of rotatable bonds is 5. The van der Waals surface area contributed by atoms with Crippen LogP contribution in [0.15, 0.2) is 16.7 Å². The SMILES string of the molecule is CCN1CCN(C(=O)CC2CCN(C(=O)c3coc(CN)c3)CC2)CC1. The topological polar surface area (TPSA) is 83.0 Å². The minimum Gasteiger partial charge on any atom is -0.467 e. The second kappa shape index (κ2) is 8.68. The van der Waals surface area contributed by atoms with Crippen LogP contribution in [0.1, 0.15) is 42.3 Å². The molecule has 2 amide bonds. The number of nitrogens with zero attached hydrogens (tertiary/aromatic N) is 3. The number of piperidine rings is 1. The normalized spacial score (nSPS) is 19.8. The molecule has 2 saturated heterocycles. The summed E-state index contributed by atoms with van der Waals surface area (Å²) >= 11 is 0. The molecule has 0 aromatic carbocycles. The van der Waals surface area contributed by atoms with Crippen LogP contribution in [0.4, 0.5) is 0 Å². The van der Waals surface area contributed by atoms with Gasteiger partial charge >= 0.3 is 0 Å². The Morgan fingerprint density at radius 3 is 2.38 bits per heavy atom. The maximum atomic E-state index is 12.5. The molecular formula is C19H30N4O3. The number of carbonyl (C=O) groups excluding carboxylic acids is 2. The first-order valence-electron chi connectivity index (χ1n) is 9.67. The van der Waals surface area contributed by atoms with Crippen LogP contribution in [0.5, 0.6) is 0 Å². The second-order valence-corrected chi connectivity index (χ2v) is 7.26. The van der Waals surface area contributed by atoms with Crippen LogP contribution >= 0.6 is 0 Å². The number of hydrogen-bond donors (Lipinski definition) is 1. The van der Waals surface area contributed by atoms with Gasteiger partial charge < -0.3 is 24.9 Å². The van der Waals surface area contributed by atoms with Gasteiger partial charge in [-0.1, -0.05) is 6.92 Å². The van der Waals surface area contributed by atoms with Crippen molar-refractivity contribution in [1.29, 1.82) is 0 Å². The Balaban J connectivity index is 1.43. The lowest BCUT2D eigenvalue weighted by atomic mass is 9.92. The summed E-state index contributed by atoms with van der Waals surface area (Å²) in [6, 6.07) is 1.72. The molecule has 0 spiro atoms. The van der Waals surface area contributed by atoms with E-state index in [0.29, 0.717) is 43.3 Å². The molecule has 3 rings (SSSR count). The molecule has 1 aromatic heterocycles. The zero-order chi connectivity index (χ0) is 18.5. The molecule has 144 valence electrons. The van der Waals surface area contributed by atoms with E-state index in [0.717, 1.165) is 45.6 Å². The van der Waals surface area contributed by atoms with Crippen molar-refractivity contribution in [1.82, 2.24) is 14.7 Å². The highest BCUT2D eigenvalue weighted by Gasteiger charge is 2.28. The van der Waals surface area contributed by atoms with Crippen molar-refractivity contribution in [3.8, 4) is 0 Å². The first kappa shape index (κ1) is 18.9. The quantitative estimate of drug-likeness (QED) is 0.849. The van der Waals surface area contributed by atoms with Crippen LogP contribution in [0.3, 0.4) is 0 Å². The van der Waals surface area contributed by atoms with Gasteiger partial charge in [0.15, 0.2) is 0 Å². The average Bonchev–Trinajstić information content (AvgIpc) is 3.17. The minimum atomic E-state index is -0.00564. The molecule has 2 aliphatic heterocycles. The minimum absolute atomic E-state index is 0.00564. The average molecular weight is 362 g/mol. The van der Waals surface area contributed by atoms with Gasteiger partial charge in [-0.2, -0.15) is 0 Å². The number of furan rings is 1. The molecule has 0 atom stereocenters.